The predicted molar refractivity (Wildman–Crippen MR) is 79.6 cm³/mol. The van der Waals surface area contributed by atoms with Crippen molar-refractivity contribution in [3.05, 3.63) is 48.0 Å². The Hall–Kier alpha value is -1.41. The van der Waals surface area contributed by atoms with E-state index in [1.54, 1.807) is 0 Å². The Kier molecular flexibility index (Phi) is 2.13. The summed E-state index contributed by atoms with van der Waals surface area (Å²) in [4.78, 5) is 12.1. The molecule has 6 atom stereocenters. The molecule has 21 heavy (non-hydrogen) atoms. The molecule has 108 valence electrons. The number of rotatable bonds is 1. The van der Waals surface area contributed by atoms with E-state index in [1.165, 1.54) is 12.0 Å². The molecule has 3 aliphatic carbocycles. The predicted octanol–water partition coefficient (Wildman–Crippen LogP) is 3.47. The molecule has 6 rings (SSSR count). The molecule has 1 aromatic rings. The lowest BCUT2D eigenvalue weighted by Crippen LogP contribution is -2.50. The Morgan fingerprint density at radius 3 is 2.86 bits per heavy atom. The highest BCUT2D eigenvalue weighted by atomic mass is 16.5. The number of carbonyl (C=O) groups is 1. The van der Waals surface area contributed by atoms with E-state index in [-0.39, 0.29) is 28.8 Å². The van der Waals surface area contributed by atoms with Gasteiger partial charge in [-0.2, -0.15) is 0 Å². The molecule has 0 N–H and O–H groups in total. The number of hydrogen-bond acceptors (Lipinski definition) is 2. The van der Waals surface area contributed by atoms with Crippen molar-refractivity contribution in [1.82, 2.24) is 0 Å². The van der Waals surface area contributed by atoms with Crippen molar-refractivity contribution in [2.75, 3.05) is 0 Å². The van der Waals surface area contributed by atoms with E-state index >= 15 is 0 Å². The van der Waals surface area contributed by atoms with Gasteiger partial charge in [-0.15, -0.1) is 0 Å². The molecule has 2 aliphatic heterocycles. The molecule has 0 aromatic heterocycles. The first kappa shape index (κ1) is 12.2. The highest BCUT2D eigenvalue weighted by Gasteiger charge is 2.70. The van der Waals surface area contributed by atoms with Crippen LogP contribution in [0.25, 0.3) is 0 Å². The fourth-order valence-corrected chi connectivity index (χ4v) is 5.94. The van der Waals surface area contributed by atoms with E-state index in [0.717, 1.165) is 12.8 Å². The van der Waals surface area contributed by atoms with Crippen LogP contribution in [-0.4, -0.2) is 11.9 Å². The highest BCUT2D eigenvalue weighted by Crippen LogP contribution is 2.72. The minimum absolute atomic E-state index is 0.0904. The Morgan fingerprint density at radius 1 is 1.24 bits per heavy atom. The molecule has 2 heteroatoms. The van der Waals surface area contributed by atoms with Gasteiger partial charge in [0, 0.05) is 11.8 Å². The summed E-state index contributed by atoms with van der Waals surface area (Å²) in [5.41, 5.74) is 1.45. The molecular formula is C19H20O2. The van der Waals surface area contributed by atoms with Crippen molar-refractivity contribution < 1.29 is 9.53 Å². The molecule has 2 nitrogen and oxygen atoms in total. The highest BCUT2D eigenvalue weighted by molar-refractivity contribution is 5.93. The Bertz CT molecular complexity index is 649. The number of ketones is 1. The maximum atomic E-state index is 12.1. The van der Waals surface area contributed by atoms with Crippen LogP contribution in [0.2, 0.25) is 0 Å². The minimum Gasteiger partial charge on any atom is -0.366 e. The van der Waals surface area contributed by atoms with E-state index in [2.05, 4.69) is 43.3 Å². The third-order valence-corrected chi connectivity index (χ3v) is 6.65. The van der Waals surface area contributed by atoms with E-state index in [1.807, 2.05) is 6.08 Å². The summed E-state index contributed by atoms with van der Waals surface area (Å²) in [6.45, 7) is 2.10. The van der Waals surface area contributed by atoms with Gasteiger partial charge in [0.05, 0.1) is 11.7 Å². The molecule has 2 saturated heterocycles. The molecule has 1 aromatic carbocycles. The van der Waals surface area contributed by atoms with Crippen molar-refractivity contribution in [3.63, 3.8) is 0 Å². The Balaban J connectivity index is 1.65. The molecule has 2 heterocycles. The quantitative estimate of drug-likeness (QED) is 0.787. The largest absolute Gasteiger partial charge is 0.366 e. The Labute approximate surface area is 125 Å². The van der Waals surface area contributed by atoms with Crippen molar-refractivity contribution >= 4 is 5.78 Å². The van der Waals surface area contributed by atoms with Crippen molar-refractivity contribution in [3.8, 4) is 0 Å². The molecule has 4 fully saturated rings. The van der Waals surface area contributed by atoms with E-state index in [9.17, 15) is 4.79 Å². The van der Waals surface area contributed by atoms with E-state index in [0.29, 0.717) is 11.8 Å². The van der Waals surface area contributed by atoms with E-state index in [4.69, 9.17) is 4.74 Å². The van der Waals surface area contributed by atoms with Gasteiger partial charge in [-0.1, -0.05) is 43.3 Å². The van der Waals surface area contributed by atoms with Crippen LogP contribution in [0, 0.1) is 23.2 Å². The zero-order valence-electron chi connectivity index (χ0n) is 12.3. The van der Waals surface area contributed by atoms with Gasteiger partial charge in [0.1, 0.15) is 0 Å². The molecule has 1 spiro atoms. The standard InChI is InChI=1S/C19H20O2/c1-12-15(20)7-8-18-10-14-9-16(17(12)18)21-19(14,11-18)13-5-3-2-4-6-13/h2-8,12,14,16-17H,9-11H2,1H3/t12-,14?,16?,17?,18?,19?/m1/s1. The van der Waals surface area contributed by atoms with Crippen LogP contribution in [0.15, 0.2) is 42.5 Å². The van der Waals surface area contributed by atoms with Gasteiger partial charge in [0.15, 0.2) is 5.78 Å². The van der Waals surface area contributed by atoms with Gasteiger partial charge in [-0.25, -0.2) is 0 Å². The zero-order chi connectivity index (χ0) is 14.2. The topological polar surface area (TPSA) is 26.3 Å². The summed E-state index contributed by atoms with van der Waals surface area (Å²) in [5.74, 6) is 1.42. The maximum Gasteiger partial charge on any atom is 0.158 e. The summed E-state index contributed by atoms with van der Waals surface area (Å²) in [7, 11) is 0. The summed E-state index contributed by atoms with van der Waals surface area (Å²) in [5, 5.41) is 0. The second-order valence-corrected chi connectivity index (χ2v) is 7.51. The minimum atomic E-state index is -0.0904. The summed E-state index contributed by atoms with van der Waals surface area (Å²) in [6, 6.07) is 10.7. The van der Waals surface area contributed by atoms with E-state index < -0.39 is 0 Å². The summed E-state index contributed by atoms with van der Waals surface area (Å²) < 4.78 is 6.62. The van der Waals surface area contributed by atoms with Crippen LogP contribution in [0.3, 0.4) is 0 Å². The van der Waals surface area contributed by atoms with Gasteiger partial charge < -0.3 is 4.74 Å². The van der Waals surface area contributed by atoms with Gasteiger partial charge >= 0.3 is 0 Å². The molecule has 5 unspecified atom stereocenters. The molecule has 0 radical (unpaired) electrons. The third-order valence-electron chi connectivity index (χ3n) is 6.65. The molecule has 5 aliphatic rings. The lowest BCUT2D eigenvalue weighted by atomic mass is 9.58. The monoisotopic (exact) mass is 280 g/mol. The summed E-state index contributed by atoms with van der Waals surface area (Å²) >= 11 is 0. The van der Waals surface area contributed by atoms with Crippen LogP contribution in [0.5, 0.6) is 0 Å². The second-order valence-electron chi connectivity index (χ2n) is 7.51. The molecule has 0 amide bonds. The van der Waals surface area contributed by atoms with Crippen LogP contribution < -0.4 is 0 Å². The van der Waals surface area contributed by atoms with Gasteiger partial charge in [-0.3, -0.25) is 4.79 Å². The van der Waals surface area contributed by atoms with Crippen LogP contribution >= 0.6 is 0 Å². The molecule has 4 bridgehead atoms. The average molecular weight is 280 g/mol. The SMILES string of the molecule is C[C@@H]1C(=O)C=CC23CC4CC(OC4(c4ccccc4)C2)C13. The number of ether oxygens (including phenoxy) is 1. The fourth-order valence-electron chi connectivity index (χ4n) is 5.94. The van der Waals surface area contributed by atoms with Gasteiger partial charge in [-0.05, 0) is 42.2 Å². The first-order valence-corrected chi connectivity index (χ1v) is 8.11. The first-order valence-electron chi connectivity index (χ1n) is 8.11. The van der Waals surface area contributed by atoms with Crippen molar-refractivity contribution in [1.29, 1.82) is 0 Å². The second kappa shape index (κ2) is 3.67. The van der Waals surface area contributed by atoms with Crippen LogP contribution in [0.1, 0.15) is 31.7 Å². The number of allylic oxidation sites excluding steroid dienone is 2. The van der Waals surface area contributed by atoms with Crippen molar-refractivity contribution in [2.24, 2.45) is 23.2 Å². The van der Waals surface area contributed by atoms with Gasteiger partial charge in [0.2, 0.25) is 0 Å². The smallest absolute Gasteiger partial charge is 0.158 e. The third kappa shape index (κ3) is 1.31. The van der Waals surface area contributed by atoms with Crippen molar-refractivity contribution in [2.45, 2.75) is 37.9 Å². The fraction of sp³-hybridized carbons (Fsp3) is 0.526. The van der Waals surface area contributed by atoms with Crippen LogP contribution in [0.4, 0.5) is 0 Å². The molecular weight excluding hydrogens is 260 g/mol. The summed E-state index contributed by atoms with van der Waals surface area (Å²) in [6.07, 6.45) is 7.74. The first-order chi connectivity index (χ1) is 10.1. The Morgan fingerprint density at radius 2 is 2.05 bits per heavy atom. The number of benzene rings is 1. The number of carbonyl (C=O) groups excluding carboxylic acids is 1. The lowest BCUT2D eigenvalue weighted by Gasteiger charge is -2.50. The lowest BCUT2D eigenvalue weighted by molar-refractivity contribution is -0.156. The average Bonchev–Trinajstić information content (AvgIpc) is 2.91. The maximum absolute atomic E-state index is 12.1. The normalized spacial score (nSPS) is 49.7. The molecule has 2 saturated carbocycles. The zero-order valence-corrected chi connectivity index (χ0v) is 12.3. The van der Waals surface area contributed by atoms with Crippen LogP contribution in [-0.2, 0) is 15.1 Å². The van der Waals surface area contributed by atoms with Gasteiger partial charge in [0.25, 0.3) is 0 Å². The number of hydrogen-bond donors (Lipinski definition) is 0.